The number of nitrogens with zero attached hydrogens (tertiary/aromatic N) is 1. The highest BCUT2D eigenvalue weighted by Gasteiger charge is 2.41. The fraction of sp³-hybridized carbons (Fsp3) is 0.219. The molecule has 0 saturated carbocycles. The monoisotopic (exact) mass is 494 g/mol. The van der Waals surface area contributed by atoms with Crippen molar-refractivity contribution in [2.24, 2.45) is 0 Å². The Morgan fingerprint density at radius 2 is 1.78 bits per heavy atom. The Hall–Kier alpha value is -3.34. The first kappa shape index (κ1) is 23.1. The molecule has 4 heteroatoms. The van der Waals surface area contributed by atoms with E-state index in [1.165, 1.54) is 22.3 Å². The Kier molecular flexibility index (Phi) is 5.74. The van der Waals surface area contributed by atoms with Gasteiger partial charge in [0.05, 0.1) is 16.2 Å². The zero-order chi connectivity index (χ0) is 25.0. The summed E-state index contributed by atoms with van der Waals surface area (Å²) in [4.78, 5) is 0. The summed E-state index contributed by atoms with van der Waals surface area (Å²) in [7, 11) is 1.76. The van der Waals surface area contributed by atoms with Crippen LogP contribution in [0.15, 0.2) is 79.5 Å². The van der Waals surface area contributed by atoms with Gasteiger partial charge in [-0.3, -0.25) is 0 Å². The number of fused-ring (bicyclic) bond motifs is 7. The van der Waals surface area contributed by atoms with Gasteiger partial charge in [0.25, 0.3) is 0 Å². The van der Waals surface area contributed by atoms with Crippen LogP contribution in [-0.2, 0) is 4.74 Å². The highest BCUT2D eigenvalue weighted by atomic mass is 32.1. The van der Waals surface area contributed by atoms with Crippen molar-refractivity contribution in [3.8, 4) is 22.4 Å². The van der Waals surface area contributed by atoms with Gasteiger partial charge in [-0.1, -0.05) is 60.7 Å². The Morgan fingerprint density at radius 1 is 1.00 bits per heavy atom. The van der Waals surface area contributed by atoms with Gasteiger partial charge in [-0.25, -0.2) is 4.39 Å². The first-order chi connectivity index (χ1) is 17.5. The van der Waals surface area contributed by atoms with Crippen molar-refractivity contribution in [1.29, 1.82) is 0 Å². The third kappa shape index (κ3) is 3.43. The van der Waals surface area contributed by atoms with Crippen LogP contribution in [0.1, 0.15) is 35.1 Å². The summed E-state index contributed by atoms with van der Waals surface area (Å²) in [5.41, 5.74) is 7.83. The van der Waals surface area contributed by atoms with Crippen molar-refractivity contribution in [2.45, 2.75) is 32.2 Å². The van der Waals surface area contributed by atoms with Crippen molar-refractivity contribution in [3.63, 3.8) is 0 Å². The number of hydrogen-bond donors (Lipinski definition) is 0. The molecule has 6 rings (SSSR count). The van der Waals surface area contributed by atoms with E-state index in [0.29, 0.717) is 16.9 Å². The molecule has 0 aliphatic carbocycles. The van der Waals surface area contributed by atoms with Crippen LogP contribution in [0.2, 0.25) is 0 Å². The van der Waals surface area contributed by atoms with Crippen LogP contribution in [0.5, 0.6) is 0 Å². The highest BCUT2D eigenvalue weighted by molar-refractivity contribution is 7.26. The Bertz CT molecular complexity index is 1640. The molecule has 1 aliphatic rings. The molecule has 0 radical (unpaired) electrons. The summed E-state index contributed by atoms with van der Waals surface area (Å²) < 4.78 is 25.6. The maximum atomic E-state index is 16.0. The highest BCUT2D eigenvalue weighted by Crippen LogP contribution is 2.48. The molecule has 2 aromatic heterocycles. The van der Waals surface area contributed by atoms with E-state index in [0.717, 1.165) is 33.2 Å². The van der Waals surface area contributed by atoms with E-state index in [-0.39, 0.29) is 17.8 Å². The van der Waals surface area contributed by atoms with E-state index in [4.69, 9.17) is 4.74 Å². The van der Waals surface area contributed by atoms with Crippen LogP contribution in [0.3, 0.4) is 0 Å². The lowest BCUT2D eigenvalue weighted by Crippen LogP contribution is -2.47. The number of hydrogen-bond acceptors (Lipinski definition) is 2. The maximum absolute atomic E-state index is 16.0. The second-order valence-corrected chi connectivity index (χ2v) is 10.8. The smallest absolute Gasteiger partial charge is 0.231 e. The molecule has 5 aromatic rings. The zero-order valence-corrected chi connectivity index (χ0v) is 21.7. The first-order valence-corrected chi connectivity index (χ1v) is 13.2. The van der Waals surface area contributed by atoms with Crippen molar-refractivity contribution >= 4 is 31.5 Å². The van der Waals surface area contributed by atoms with Gasteiger partial charge in [0.1, 0.15) is 10.5 Å². The fourth-order valence-electron chi connectivity index (χ4n) is 6.06. The van der Waals surface area contributed by atoms with Gasteiger partial charge < -0.3 is 4.74 Å². The number of pyridine rings is 1. The maximum Gasteiger partial charge on any atom is 0.231 e. The van der Waals surface area contributed by atoms with Crippen LogP contribution in [-0.4, -0.2) is 13.7 Å². The predicted molar refractivity (Wildman–Crippen MR) is 148 cm³/mol. The molecule has 2 nitrogen and oxygen atoms in total. The number of benzene rings is 3. The van der Waals surface area contributed by atoms with Crippen molar-refractivity contribution in [2.75, 3.05) is 13.7 Å². The molecule has 0 saturated heterocycles. The third-order valence-electron chi connectivity index (χ3n) is 7.56. The van der Waals surface area contributed by atoms with Gasteiger partial charge in [-0.15, -0.1) is 11.3 Å². The van der Waals surface area contributed by atoms with E-state index in [1.807, 2.05) is 36.4 Å². The molecule has 0 N–H and O–H groups in total. The minimum Gasteiger partial charge on any atom is -0.385 e. The topological polar surface area (TPSA) is 13.1 Å². The number of rotatable bonds is 5. The molecular weight excluding hydrogens is 465 g/mol. The molecule has 0 fully saturated rings. The number of methoxy groups -OCH3 is 1. The molecule has 2 unspecified atom stereocenters. The van der Waals surface area contributed by atoms with Crippen LogP contribution in [0.4, 0.5) is 4.39 Å². The number of ether oxygens (including phenoxy) is 1. The zero-order valence-electron chi connectivity index (χ0n) is 20.8. The van der Waals surface area contributed by atoms with E-state index >= 15 is 4.39 Å². The SMILES string of the molecule is C=CC1C(CCOC)c2c(C)cc(C)cc2-c2c3sc4c(F)c(-c5ccccc5)ccc4c3cc[n+]21. The number of aryl methyl sites for hydroxylation is 2. The first-order valence-electron chi connectivity index (χ1n) is 12.4. The molecule has 1 aliphatic heterocycles. The summed E-state index contributed by atoms with van der Waals surface area (Å²) >= 11 is 1.56. The van der Waals surface area contributed by atoms with Crippen molar-refractivity contribution < 1.29 is 13.7 Å². The van der Waals surface area contributed by atoms with E-state index < -0.39 is 0 Å². The fourth-order valence-corrected chi connectivity index (χ4v) is 7.35. The number of allylic oxidation sites excluding steroid dienone is 1. The van der Waals surface area contributed by atoms with Crippen LogP contribution in [0.25, 0.3) is 42.6 Å². The average Bonchev–Trinajstić information content (AvgIpc) is 3.27. The van der Waals surface area contributed by atoms with E-state index in [9.17, 15) is 0 Å². The second kappa shape index (κ2) is 8.95. The Morgan fingerprint density at radius 3 is 2.53 bits per heavy atom. The van der Waals surface area contributed by atoms with Gasteiger partial charge in [0.15, 0.2) is 12.2 Å². The number of halogens is 1. The van der Waals surface area contributed by atoms with Crippen LogP contribution in [0, 0.1) is 19.7 Å². The van der Waals surface area contributed by atoms with E-state index in [2.05, 4.69) is 61.5 Å². The number of thiophene rings is 1. The number of aromatic nitrogens is 1. The quantitative estimate of drug-likeness (QED) is 0.177. The van der Waals surface area contributed by atoms with Gasteiger partial charge in [-0.2, -0.15) is 4.57 Å². The molecule has 3 aromatic carbocycles. The molecule has 0 amide bonds. The standard InChI is InChI=1S/C32H29FNOS/c1-5-27-25(14-16-35-4)28-20(3)17-19(2)18-26(28)30-32-24(13-15-34(27)30)23-12-11-22(29(33)31(23)36-32)21-9-7-6-8-10-21/h5-13,15,17-18,25,27H,1,14,16H2,2-4H3/q+1. The summed E-state index contributed by atoms with van der Waals surface area (Å²) in [6.07, 6.45) is 5.13. The van der Waals surface area contributed by atoms with Crippen molar-refractivity contribution in [1.82, 2.24) is 0 Å². The summed E-state index contributed by atoms with van der Waals surface area (Å²) in [5.74, 6) is 0.122. The lowest BCUT2D eigenvalue weighted by atomic mass is 9.78. The Balaban J connectivity index is 1.67. The Labute approximate surface area is 215 Å². The lowest BCUT2D eigenvalue weighted by molar-refractivity contribution is -0.706. The minimum atomic E-state index is -0.145. The van der Waals surface area contributed by atoms with Gasteiger partial charge in [-0.05, 0) is 49.1 Å². The summed E-state index contributed by atoms with van der Waals surface area (Å²) in [5, 5.41) is 2.07. The average molecular weight is 495 g/mol. The normalized spacial score (nSPS) is 16.8. The van der Waals surface area contributed by atoms with Crippen molar-refractivity contribution in [3.05, 3.63) is 102 Å². The molecule has 0 spiro atoms. The second-order valence-electron chi connectivity index (χ2n) is 9.74. The summed E-state index contributed by atoms with van der Waals surface area (Å²) in [6.45, 7) is 9.27. The molecule has 2 atom stereocenters. The minimum absolute atomic E-state index is 0.100. The predicted octanol–water partition coefficient (Wildman–Crippen LogP) is 8.29. The molecule has 3 heterocycles. The van der Waals surface area contributed by atoms with Crippen LogP contribution < -0.4 is 4.57 Å². The van der Waals surface area contributed by atoms with Crippen LogP contribution >= 0.6 is 11.3 Å². The third-order valence-corrected chi connectivity index (χ3v) is 8.78. The molecular formula is C32H29FNOS+. The van der Waals surface area contributed by atoms with E-state index in [1.54, 1.807) is 18.4 Å². The molecule has 0 bridgehead atoms. The molecule has 180 valence electrons. The lowest BCUT2D eigenvalue weighted by Gasteiger charge is -2.30. The molecule has 36 heavy (non-hydrogen) atoms. The van der Waals surface area contributed by atoms with Gasteiger partial charge in [0.2, 0.25) is 5.69 Å². The van der Waals surface area contributed by atoms with Gasteiger partial charge >= 0.3 is 0 Å². The largest absolute Gasteiger partial charge is 0.385 e. The van der Waals surface area contributed by atoms with Gasteiger partial charge in [0, 0.05) is 36.1 Å². The summed E-state index contributed by atoms with van der Waals surface area (Å²) in [6, 6.07) is 20.6.